The number of Topliss-reactive ketones (excluding diaryl/α,β-unsaturated/α-hetero) is 1. The lowest BCUT2D eigenvalue weighted by Crippen LogP contribution is -2.13. The minimum Gasteiger partial charge on any atom is -0.496 e. The van der Waals surface area contributed by atoms with E-state index in [-0.39, 0.29) is 11.7 Å². The van der Waals surface area contributed by atoms with Gasteiger partial charge in [0.25, 0.3) is 0 Å². The largest absolute Gasteiger partial charge is 0.496 e. The van der Waals surface area contributed by atoms with Gasteiger partial charge in [0, 0.05) is 23.9 Å². The molecule has 0 atom stereocenters. The second-order valence-electron chi connectivity index (χ2n) is 6.91. The molecular formula is C21H25N3O2. The van der Waals surface area contributed by atoms with E-state index >= 15 is 0 Å². The Bertz CT molecular complexity index is 987. The molecule has 0 aliphatic heterocycles. The Morgan fingerprint density at radius 2 is 2.00 bits per heavy atom. The van der Waals surface area contributed by atoms with Crippen molar-refractivity contribution >= 4 is 11.4 Å². The Kier molecular flexibility index (Phi) is 4.81. The van der Waals surface area contributed by atoms with E-state index in [1.807, 2.05) is 51.3 Å². The molecule has 0 aliphatic carbocycles. The molecule has 3 rings (SSSR count). The molecule has 2 aromatic heterocycles. The second kappa shape index (κ2) is 6.90. The van der Waals surface area contributed by atoms with E-state index in [2.05, 4.69) is 11.1 Å². The monoisotopic (exact) mass is 351 g/mol. The van der Waals surface area contributed by atoms with Gasteiger partial charge in [-0.3, -0.25) is 14.2 Å². The van der Waals surface area contributed by atoms with Crippen molar-refractivity contribution in [2.45, 2.75) is 41.0 Å². The number of hydrogen-bond donors (Lipinski definition) is 0. The molecule has 5 heteroatoms. The Balaban J connectivity index is 2.36. The van der Waals surface area contributed by atoms with Crippen molar-refractivity contribution in [3.63, 3.8) is 0 Å². The van der Waals surface area contributed by atoms with Gasteiger partial charge in [-0.15, -0.1) is 0 Å². The van der Waals surface area contributed by atoms with E-state index in [9.17, 15) is 4.79 Å². The van der Waals surface area contributed by atoms with Gasteiger partial charge >= 0.3 is 0 Å². The van der Waals surface area contributed by atoms with Gasteiger partial charge in [-0.25, -0.2) is 4.98 Å². The first-order valence-corrected chi connectivity index (χ1v) is 8.94. The first-order chi connectivity index (χ1) is 12.4. The second-order valence-corrected chi connectivity index (χ2v) is 6.91. The van der Waals surface area contributed by atoms with E-state index < -0.39 is 0 Å². The summed E-state index contributed by atoms with van der Waals surface area (Å²) in [5.74, 6) is 0.771. The Morgan fingerprint density at radius 1 is 1.27 bits per heavy atom. The molecule has 0 spiro atoms. The molecule has 136 valence electrons. The number of nitrogens with zero attached hydrogens (tertiary/aromatic N) is 3. The van der Waals surface area contributed by atoms with Crippen molar-refractivity contribution < 1.29 is 9.53 Å². The van der Waals surface area contributed by atoms with Crippen LogP contribution >= 0.6 is 0 Å². The molecule has 0 unspecified atom stereocenters. The van der Waals surface area contributed by atoms with Crippen LogP contribution in [-0.4, -0.2) is 27.3 Å². The zero-order valence-corrected chi connectivity index (χ0v) is 16.3. The Labute approximate surface area is 154 Å². The third-order valence-corrected chi connectivity index (χ3v) is 4.61. The average Bonchev–Trinajstić information content (AvgIpc) is 2.99. The molecule has 26 heavy (non-hydrogen) atoms. The van der Waals surface area contributed by atoms with E-state index in [1.54, 1.807) is 13.3 Å². The zero-order chi connectivity index (χ0) is 19.0. The first-order valence-electron chi connectivity index (χ1n) is 8.94. The van der Waals surface area contributed by atoms with Gasteiger partial charge in [-0.05, 0) is 37.5 Å². The molecular weight excluding hydrogens is 326 g/mol. The fourth-order valence-electron chi connectivity index (χ4n) is 3.37. The quantitative estimate of drug-likeness (QED) is 0.638. The van der Waals surface area contributed by atoms with Crippen molar-refractivity contribution in [3.05, 3.63) is 47.0 Å². The number of aromatic nitrogens is 3. The van der Waals surface area contributed by atoms with Crippen LogP contribution in [0.3, 0.4) is 0 Å². The Hall–Kier alpha value is -2.69. The van der Waals surface area contributed by atoms with Gasteiger partial charge in [0.15, 0.2) is 11.4 Å². The van der Waals surface area contributed by atoms with Crippen molar-refractivity contribution in [2.24, 2.45) is 5.92 Å². The van der Waals surface area contributed by atoms with Gasteiger partial charge in [0.1, 0.15) is 17.1 Å². The maximum absolute atomic E-state index is 12.8. The maximum atomic E-state index is 12.8. The fraction of sp³-hybridized carbons (Fsp3) is 0.381. The predicted octanol–water partition coefficient (Wildman–Crippen LogP) is 4.42. The van der Waals surface area contributed by atoms with Crippen LogP contribution in [0.4, 0.5) is 0 Å². The number of methoxy groups -OCH3 is 1. The number of rotatable bonds is 5. The number of hydrogen-bond acceptors (Lipinski definition) is 4. The van der Waals surface area contributed by atoms with E-state index in [4.69, 9.17) is 9.72 Å². The molecule has 3 aromatic rings. The van der Waals surface area contributed by atoms with Crippen LogP contribution in [0.25, 0.3) is 16.9 Å². The van der Waals surface area contributed by atoms with Crippen LogP contribution in [-0.2, 0) is 6.42 Å². The van der Waals surface area contributed by atoms with Crippen molar-refractivity contribution in [2.75, 3.05) is 7.11 Å². The topological polar surface area (TPSA) is 56.5 Å². The summed E-state index contributed by atoms with van der Waals surface area (Å²) in [6.45, 7) is 9.92. The highest BCUT2D eigenvalue weighted by Crippen LogP contribution is 2.35. The molecule has 0 N–H and O–H groups in total. The van der Waals surface area contributed by atoms with Crippen LogP contribution in [0.1, 0.15) is 48.1 Å². The normalized spacial score (nSPS) is 11.3. The van der Waals surface area contributed by atoms with Crippen LogP contribution in [0.5, 0.6) is 5.75 Å². The molecule has 5 nitrogen and oxygen atoms in total. The van der Waals surface area contributed by atoms with Crippen molar-refractivity contribution in [1.82, 2.24) is 14.4 Å². The molecule has 2 heterocycles. The number of imidazole rings is 1. The molecule has 0 saturated carbocycles. The molecule has 0 amide bonds. The zero-order valence-electron chi connectivity index (χ0n) is 16.3. The van der Waals surface area contributed by atoms with Crippen molar-refractivity contribution in [1.29, 1.82) is 0 Å². The minimum atomic E-state index is -0.0903. The van der Waals surface area contributed by atoms with Crippen LogP contribution < -0.4 is 4.74 Å². The van der Waals surface area contributed by atoms with Gasteiger partial charge < -0.3 is 4.74 Å². The van der Waals surface area contributed by atoms with E-state index in [0.29, 0.717) is 17.8 Å². The number of aryl methyl sites for hydroxylation is 3. The molecule has 1 aromatic carbocycles. The summed E-state index contributed by atoms with van der Waals surface area (Å²) in [5.41, 5.74) is 6.01. The third kappa shape index (κ3) is 2.87. The predicted molar refractivity (Wildman–Crippen MR) is 103 cm³/mol. The van der Waals surface area contributed by atoms with E-state index in [0.717, 1.165) is 33.8 Å². The SMILES string of the molecule is CCc1nc2c(-c3c(C)cc(C)cc3OC)nccn2c1C(=O)C(C)C. The summed E-state index contributed by atoms with van der Waals surface area (Å²) in [7, 11) is 1.66. The lowest BCUT2D eigenvalue weighted by Gasteiger charge is -2.13. The fourth-order valence-corrected chi connectivity index (χ4v) is 3.37. The third-order valence-electron chi connectivity index (χ3n) is 4.61. The summed E-state index contributed by atoms with van der Waals surface area (Å²) in [4.78, 5) is 22.1. The summed E-state index contributed by atoms with van der Waals surface area (Å²) in [5, 5.41) is 0. The van der Waals surface area contributed by atoms with Gasteiger partial charge in [0.2, 0.25) is 0 Å². The van der Waals surface area contributed by atoms with Crippen molar-refractivity contribution in [3.8, 4) is 17.0 Å². The number of ketones is 1. The number of ether oxygens (including phenoxy) is 1. The molecule has 0 radical (unpaired) electrons. The minimum absolute atomic E-state index is 0.0903. The van der Waals surface area contributed by atoms with Gasteiger partial charge in [-0.1, -0.05) is 26.8 Å². The summed E-state index contributed by atoms with van der Waals surface area (Å²) in [6, 6.07) is 4.10. The summed E-state index contributed by atoms with van der Waals surface area (Å²) < 4.78 is 7.49. The highest BCUT2D eigenvalue weighted by Gasteiger charge is 2.24. The van der Waals surface area contributed by atoms with Gasteiger partial charge in [-0.2, -0.15) is 0 Å². The summed E-state index contributed by atoms with van der Waals surface area (Å²) in [6.07, 6.45) is 4.23. The van der Waals surface area contributed by atoms with Crippen LogP contribution in [0.15, 0.2) is 24.5 Å². The van der Waals surface area contributed by atoms with E-state index in [1.165, 1.54) is 0 Å². The molecule has 0 bridgehead atoms. The first kappa shape index (κ1) is 18.1. The highest BCUT2D eigenvalue weighted by molar-refractivity contribution is 5.98. The molecule has 0 fully saturated rings. The number of carbonyl (C=O) groups excluding carboxylic acids is 1. The Morgan fingerprint density at radius 3 is 2.62 bits per heavy atom. The lowest BCUT2D eigenvalue weighted by atomic mass is 10.0. The molecule has 0 aliphatic rings. The number of carbonyl (C=O) groups is 1. The average molecular weight is 351 g/mol. The maximum Gasteiger partial charge on any atom is 0.184 e. The van der Waals surface area contributed by atoms with Crippen LogP contribution in [0.2, 0.25) is 0 Å². The standard InChI is InChI=1S/C21H25N3O2/c1-7-15-19(20(25)12(2)3)24-9-8-22-18(21(24)23-15)17-14(5)10-13(4)11-16(17)26-6/h8-12H,7H2,1-6H3. The lowest BCUT2D eigenvalue weighted by molar-refractivity contribution is 0.0932. The number of fused-ring (bicyclic) bond motifs is 1. The summed E-state index contributed by atoms with van der Waals surface area (Å²) >= 11 is 0. The van der Waals surface area contributed by atoms with Crippen LogP contribution in [0, 0.1) is 19.8 Å². The molecule has 0 saturated heterocycles. The number of benzene rings is 1. The van der Waals surface area contributed by atoms with Gasteiger partial charge in [0.05, 0.1) is 12.8 Å². The highest BCUT2D eigenvalue weighted by atomic mass is 16.5. The smallest absolute Gasteiger partial charge is 0.184 e.